The lowest BCUT2D eigenvalue weighted by Gasteiger charge is -2.23. The molecule has 0 aliphatic carbocycles. The van der Waals surface area contributed by atoms with Gasteiger partial charge in [0, 0.05) is 17.5 Å². The van der Waals surface area contributed by atoms with Gasteiger partial charge in [-0.15, -0.1) is 0 Å². The van der Waals surface area contributed by atoms with Crippen LogP contribution < -0.4 is 5.32 Å². The second-order valence-electron chi connectivity index (χ2n) is 6.18. The number of hydrogen-bond donors (Lipinski definition) is 2. The molecule has 1 heterocycles. The Hall–Kier alpha value is -2.11. The average molecular weight is 294 g/mol. The van der Waals surface area contributed by atoms with Crippen molar-refractivity contribution in [3.05, 3.63) is 29.6 Å². The van der Waals surface area contributed by atoms with E-state index in [0.29, 0.717) is 6.42 Å². The molecule has 116 valence electrons. The van der Waals surface area contributed by atoms with E-state index in [1.807, 2.05) is 33.8 Å². The van der Waals surface area contributed by atoms with Crippen LogP contribution in [0, 0.1) is 12.3 Å². The summed E-state index contributed by atoms with van der Waals surface area (Å²) in [5.74, 6) is -1.07. The number of amides is 1. The summed E-state index contributed by atoms with van der Waals surface area (Å²) in [5.41, 5.74) is 1.41. The van der Waals surface area contributed by atoms with Crippen LogP contribution in [-0.2, 0) is 16.1 Å². The van der Waals surface area contributed by atoms with Gasteiger partial charge in [0.15, 0.2) is 0 Å². The van der Waals surface area contributed by atoms with E-state index in [-0.39, 0.29) is 12.0 Å². The number of hydrogen-bond acceptors (Lipinski definition) is 4. The van der Waals surface area contributed by atoms with Crippen LogP contribution in [0.4, 0.5) is 4.79 Å². The molecule has 1 rings (SSSR count). The van der Waals surface area contributed by atoms with E-state index >= 15 is 0 Å². The number of carbonyl (C=O) groups is 2. The maximum atomic E-state index is 11.7. The van der Waals surface area contributed by atoms with Crippen LogP contribution in [0.3, 0.4) is 0 Å². The summed E-state index contributed by atoms with van der Waals surface area (Å²) in [6, 6.07) is 2.66. The highest BCUT2D eigenvalue weighted by molar-refractivity contribution is 5.79. The van der Waals surface area contributed by atoms with Crippen molar-refractivity contribution in [3.8, 4) is 0 Å². The second kappa shape index (κ2) is 7.06. The number of aryl methyl sites for hydroxylation is 1. The topological polar surface area (TPSA) is 88.5 Å². The molecule has 0 unspecified atom stereocenters. The number of nitrogens with one attached hydrogen (secondary N) is 1. The molecule has 1 atom stereocenters. The molecule has 0 bridgehead atoms. The molecule has 0 aromatic carbocycles. The van der Waals surface area contributed by atoms with Gasteiger partial charge >= 0.3 is 12.1 Å². The number of nitrogens with zero attached hydrogens (tertiary/aromatic N) is 1. The third-order valence-electron chi connectivity index (χ3n) is 2.75. The van der Waals surface area contributed by atoms with Crippen LogP contribution in [0.5, 0.6) is 0 Å². The van der Waals surface area contributed by atoms with Gasteiger partial charge < -0.3 is 15.2 Å². The molecule has 0 aliphatic rings. The monoisotopic (exact) mass is 294 g/mol. The van der Waals surface area contributed by atoms with E-state index < -0.39 is 18.1 Å². The second-order valence-corrected chi connectivity index (χ2v) is 6.18. The minimum atomic E-state index is -1.07. The van der Waals surface area contributed by atoms with Crippen molar-refractivity contribution < 1.29 is 19.4 Å². The highest BCUT2D eigenvalue weighted by Crippen LogP contribution is 2.21. The number of carbonyl (C=O) groups excluding carboxylic acids is 1. The molecule has 6 nitrogen and oxygen atoms in total. The molecule has 1 aromatic rings. The first kappa shape index (κ1) is 16.9. The lowest BCUT2D eigenvalue weighted by Crippen LogP contribution is -2.43. The Labute approximate surface area is 124 Å². The summed E-state index contributed by atoms with van der Waals surface area (Å²) in [4.78, 5) is 26.9. The Balaban J connectivity index is 2.50. The molecule has 6 heteroatoms. The summed E-state index contributed by atoms with van der Waals surface area (Å²) in [6.07, 6.45) is 1.20. The standard InChI is InChI=1S/C15H22N2O4/c1-10-5-6-11(8-16-10)9-21-14(20)17-12(13(18)19)7-15(2,3)4/h5-6,8,12H,7,9H2,1-4H3,(H,17,20)(H,18,19)/t12-/m0/s1. The van der Waals surface area contributed by atoms with Crippen molar-refractivity contribution in [2.45, 2.75) is 46.8 Å². The first-order valence-corrected chi connectivity index (χ1v) is 6.75. The average Bonchev–Trinajstić information content (AvgIpc) is 2.35. The van der Waals surface area contributed by atoms with E-state index in [2.05, 4.69) is 10.3 Å². The molecule has 1 aromatic heterocycles. The van der Waals surface area contributed by atoms with Crippen molar-refractivity contribution in [2.24, 2.45) is 5.41 Å². The summed E-state index contributed by atoms with van der Waals surface area (Å²) in [6.45, 7) is 7.65. The van der Waals surface area contributed by atoms with E-state index in [4.69, 9.17) is 9.84 Å². The molecular formula is C15H22N2O4. The maximum Gasteiger partial charge on any atom is 0.408 e. The van der Waals surface area contributed by atoms with E-state index in [0.717, 1.165) is 11.3 Å². The van der Waals surface area contributed by atoms with Crippen LogP contribution in [0.2, 0.25) is 0 Å². The molecule has 1 amide bonds. The van der Waals surface area contributed by atoms with Gasteiger partial charge in [-0.3, -0.25) is 4.98 Å². The molecule has 0 radical (unpaired) electrons. The van der Waals surface area contributed by atoms with Gasteiger partial charge in [0.1, 0.15) is 12.6 Å². The zero-order chi connectivity index (χ0) is 16.0. The van der Waals surface area contributed by atoms with Gasteiger partial charge in [-0.25, -0.2) is 9.59 Å². The molecular weight excluding hydrogens is 272 g/mol. The van der Waals surface area contributed by atoms with Gasteiger partial charge in [-0.2, -0.15) is 0 Å². The van der Waals surface area contributed by atoms with Gasteiger partial charge in [-0.05, 0) is 24.8 Å². The van der Waals surface area contributed by atoms with Crippen molar-refractivity contribution in [3.63, 3.8) is 0 Å². The highest BCUT2D eigenvalue weighted by atomic mass is 16.5. The Morgan fingerprint density at radius 3 is 2.52 bits per heavy atom. The van der Waals surface area contributed by atoms with E-state index in [9.17, 15) is 9.59 Å². The Morgan fingerprint density at radius 2 is 2.05 bits per heavy atom. The number of alkyl carbamates (subject to hydrolysis) is 1. The third kappa shape index (κ3) is 6.74. The number of aliphatic carboxylic acids is 1. The molecule has 0 saturated heterocycles. The molecule has 0 saturated carbocycles. The number of pyridine rings is 1. The predicted molar refractivity (Wildman–Crippen MR) is 77.8 cm³/mol. The lowest BCUT2D eigenvalue weighted by atomic mass is 9.88. The van der Waals surface area contributed by atoms with Crippen molar-refractivity contribution >= 4 is 12.1 Å². The van der Waals surface area contributed by atoms with Crippen LogP contribution in [0.1, 0.15) is 38.4 Å². The molecule has 21 heavy (non-hydrogen) atoms. The largest absolute Gasteiger partial charge is 0.480 e. The minimum Gasteiger partial charge on any atom is -0.480 e. The van der Waals surface area contributed by atoms with Crippen LogP contribution in [0.15, 0.2) is 18.3 Å². The molecule has 0 fully saturated rings. The van der Waals surface area contributed by atoms with Crippen molar-refractivity contribution in [1.82, 2.24) is 10.3 Å². The smallest absolute Gasteiger partial charge is 0.408 e. The van der Waals surface area contributed by atoms with Gasteiger partial charge in [0.05, 0.1) is 0 Å². The highest BCUT2D eigenvalue weighted by Gasteiger charge is 2.26. The summed E-state index contributed by atoms with van der Waals surface area (Å²) >= 11 is 0. The fourth-order valence-corrected chi connectivity index (χ4v) is 1.73. The Bertz CT molecular complexity index is 491. The fraction of sp³-hybridized carbons (Fsp3) is 0.533. The zero-order valence-corrected chi connectivity index (χ0v) is 12.8. The van der Waals surface area contributed by atoms with E-state index in [1.54, 1.807) is 12.3 Å². The molecule has 2 N–H and O–H groups in total. The van der Waals surface area contributed by atoms with Crippen molar-refractivity contribution in [2.75, 3.05) is 0 Å². The number of rotatable bonds is 5. The van der Waals surface area contributed by atoms with E-state index in [1.165, 1.54) is 0 Å². The SMILES string of the molecule is Cc1ccc(COC(=O)N[C@@H](CC(C)(C)C)C(=O)O)cn1. The van der Waals surface area contributed by atoms with Crippen LogP contribution in [0.25, 0.3) is 0 Å². The summed E-state index contributed by atoms with van der Waals surface area (Å²) in [5, 5.41) is 11.5. The van der Waals surface area contributed by atoms with Gasteiger partial charge in [0.25, 0.3) is 0 Å². The lowest BCUT2D eigenvalue weighted by molar-refractivity contribution is -0.140. The quantitative estimate of drug-likeness (QED) is 0.871. The Morgan fingerprint density at radius 1 is 1.38 bits per heavy atom. The minimum absolute atomic E-state index is 0.0565. The van der Waals surface area contributed by atoms with Gasteiger partial charge in [-0.1, -0.05) is 26.8 Å². The first-order chi connectivity index (χ1) is 9.67. The third-order valence-corrected chi connectivity index (χ3v) is 2.75. The maximum absolute atomic E-state index is 11.7. The van der Waals surface area contributed by atoms with Gasteiger partial charge in [0.2, 0.25) is 0 Å². The number of ether oxygens (including phenoxy) is 1. The number of carboxylic acids is 1. The van der Waals surface area contributed by atoms with Crippen molar-refractivity contribution in [1.29, 1.82) is 0 Å². The normalized spacial score (nSPS) is 12.6. The van der Waals surface area contributed by atoms with Crippen LogP contribution in [-0.4, -0.2) is 28.2 Å². The summed E-state index contributed by atoms with van der Waals surface area (Å²) < 4.78 is 5.01. The summed E-state index contributed by atoms with van der Waals surface area (Å²) in [7, 11) is 0. The predicted octanol–water partition coefficient (Wildman–Crippen LogP) is 2.51. The zero-order valence-electron chi connectivity index (χ0n) is 12.8. The fourth-order valence-electron chi connectivity index (χ4n) is 1.73. The molecule has 0 aliphatic heterocycles. The Kier molecular flexibility index (Phi) is 5.69. The van der Waals surface area contributed by atoms with Crippen LogP contribution >= 0.6 is 0 Å². The molecule has 0 spiro atoms. The number of aromatic nitrogens is 1. The number of carboxylic acid groups (broad SMARTS) is 1. The first-order valence-electron chi connectivity index (χ1n) is 6.75.